The van der Waals surface area contributed by atoms with E-state index in [1.165, 1.54) is 25.7 Å². The number of ether oxygens (including phenoxy) is 1. The summed E-state index contributed by atoms with van der Waals surface area (Å²) in [6, 6.07) is 0.621. The van der Waals surface area contributed by atoms with Gasteiger partial charge in [-0.15, -0.1) is 0 Å². The fourth-order valence-electron chi connectivity index (χ4n) is 3.04. The van der Waals surface area contributed by atoms with Crippen LogP contribution in [0.15, 0.2) is 0 Å². The number of fused-ring (bicyclic) bond motifs is 1. The zero-order valence-corrected chi connectivity index (χ0v) is 10.7. The van der Waals surface area contributed by atoms with Gasteiger partial charge in [0.2, 0.25) is 5.91 Å². The lowest BCUT2D eigenvalue weighted by molar-refractivity contribution is -0.123. The molecule has 0 bridgehead atoms. The Bertz CT molecular complexity index is 244. The highest BCUT2D eigenvalue weighted by Gasteiger charge is 2.37. The first-order valence-electron chi connectivity index (χ1n) is 6.92. The second kappa shape index (κ2) is 6.36. The third kappa shape index (κ3) is 3.42. The van der Waals surface area contributed by atoms with Crippen molar-refractivity contribution in [2.75, 3.05) is 19.8 Å². The predicted molar refractivity (Wildman–Crippen MR) is 66.8 cm³/mol. The van der Waals surface area contributed by atoms with Crippen LogP contribution in [0.5, 0.6) is 0 Å². The average molecular weight is 240 g/mol. The summed E-state index contributed by atoms with van der Waals surface area (Å²) >= 11 is 0. The Labute approximate surface area is 103 Å². The number of hydrogen-bond donors (Lipinski definition) is 2. The Hall–Kier alpha value is -0.610. The van der Waals surface area contributed by atoms with Crippen LogP contribution in [-0.2, 0) is 9.53 Å². The maximum Gasteiger partial charge on any atom is 0.237 e. The van der Waals surface area contributed by atoms with Gasteiger partial charge in [0.1, 0.15) is 0 Å². The van der Waals surface area contributed by atoms with Crippen molar-refractivity contribution >= 4 is 5.91 Å². The number of rotatable bonds is 5. The fraction of sp³-hybridized carbons (Fsp3) is 0.923. The van der Waals surface area contributed by atoms with Gasteiger partial charge >= 0.3 is 0 Å². The minimum absolute atomic E-state index is 0.0322. The van der Waals surface area contributed by atoms with E-state index in [4.69, 9.17) is 4.74 Å². The molecule has 1 aliphatic carbocycles. The van der Waals surface area contributed by atoms with E-state index >= 15 is 0 Å². The van der Waals surface area contributed by atoms with Crippen molar-refractivity contribution in [3.05, 3.63) is 0 Å². The van der Waals surface area contributed by atoms with Crippen LogP contribution in [0.25, 0.3) is 0 Å². The molecule has 2 fully saturated rings. The van der Waals surface area contributed by atoms with Crippen LogP contribution in [0, 0.1) is 5.92 Å². The first-order valence-corrected chi connectivity index (χ1v) is 6.92. The third-order valence-corrected chi connectivity index (χ3v) is 3.93. The minimum atomic E-state index is 0.0322. The number of nitrogens with one attached hydrogen (secondary N) is 2. The second-order valence-corrected chi connectivity index (χ2v) is 5.09. The van der Waals surface area contributed by atoms with Crippen molar-refractivity contribution in [1.82, 2.24) is 10.6 Å². The predicted octanol–water partition coefficient (Wildman–Crippen LogP) is 1.06. The molecule has 1 heterocycles. The number of carbonyl (C=O) groups is 1. The van der Waals surface area contributed by atoms with Crippen LogP contribution in [0.4, 0.5) is 0 Å². The van der Waals surface area contributed by atoms with Crippen LogP contribution in [0.2, 0.25) is 0 Å². The molecule has 3 atom stereocenters. The van der Waals surface area contributed by atoms with Gasteiger partial charge in [-0.05, 0) is 32.1 Å². The second-order valence-electron chi connectivity index (χ2n) is 5.09. The molecule has 2 N–H and O–H groups in total. The lowest BCUT2D eigenvalue weighted by atomic mass is 9.85. The maximum absolute atomic E-state index is 11.9. The zero-order valence-electron chi connectivity index (χ0n) is 10.7. The van der Waals surface area contributed by atoms with Gasteiger partial charge in [-0.1, -0.05) is 12.8 Å². The van der Waals surface area contributed by atoms with Crippen molar-refractivity contribution in [2.45, 2.75) is 51.1 Å². The van der Waals surface area contributed by atoms with Gasteiger partial charge in [0, 0.05) is 19.2 Å². The largest absolute Gasteiger partial charge is 0.380 e. The quantitative estimate of drug-likeness (QED) is 0.707. The van der Waals surface area contributed by atoms with Crippen molar-refractivity contribution in [3.8, 4) is 0 Å². The molecule has 0 aromatic carbocycles. The molecule has 4 nitrogen and oxygen atoms in total. The van der Waals surface area contributed by atoms with E-state index in [1.54, 1.807) is 0 Å². The summed E-state index contributed by atoms with van der Waals surface area (Å²) in [4.78, 5) is 11.9. The van der Waals surface area contributed by atoms with Crippen molar-refractivity contribution in [1.29, 1.82) is 0 Å². The summed E-state index contributed by atoms with van der Waals surface area (Å²) < 4.78 is 5.21. The Morgan fingerprint density at radius 1 is 1.41 bits per heavy atom. The molecule has 2 rings (SSSR count). The fourth-order valence-corrected chi connectivity index (χ4v) is 3.04. The highest BCUT2D eigenvalue weighted by Crippen LogP contribution is 2.33. The standard InChI is InChI=1S/C13H24N2O2/c1-2-17-8-7-14-13(16)12-9-10-5-3-4-6-11(10)15-12/h10-12,15H,2-9H2,1H3,(H,14,16). The molecular weight excluding hydrogens is 216 g/mol. The molecule has 1 saturated heterocycles. The molecule has 0 aromatic heterocycles. The summed E-state index contributed by atoms with van der Waals surface area (Å²) in [7, 11) is 0. The molecule has 17 heavy (non-hydrogen) atoms. The molecule has 1 aliphatic heterocycles. The van der Waals surface area contributed by atoms with Crippen molar-refractivity contribution < 1.29 is 9.53 Å². The number of carbonyl (C=O) groups excluding carboxylic acids is 1. The zero-order chi connectivity index (χ0) is 12.1. The van der Waals surface area contributed by atoms with Crippen molar-refractivity contribution in [2.24, 2.45) is 5.92 Å². The summed E-state index contributed by atoms with van der Waals surface area (Å²) in [5.41, 5.74) is 0. The highest BCUT2D eigenvalue weighted by atomic mass is 16.5. The molecule has 4 heteroatoms. The van der Waals surface area contributed by atoms with E-state index in [0.717, 1.165) is 12.3 Å². The maximum atomic E-state index is 11.9. The molecular formula is C13H24N2O2. The van der Waals surface area contributed by atoms with E-state index in [2.05, 4.69) is 10.6 Å². The van der Waals surface area contributed by atoms with Gasteiger partial charge in [0.05, 0.1) is 12.6 Å². The van der Waals surface area contributed by atoms with Crippen LogP contribution in [-0.4, -0.2) is 37.7 Å². The van der Waals surface area contributed by atoms with Gasteiger partial charge in [-0.2, -0.15) is 0 Å². The van der Waals surface area contributed by atoms with Gasteiger partial charge in [-0.25, -0.2) is 0 Å². The molecule has 2 aliphatic rings. The van der Waals surface area contributed by atoms with Crippen LogP contribution >= 0.6 is 0 Å². The monoisotopic (exact) mass is 240 g/mol. The molecule has 98 valence electrons. The van der Waals surface area contributed by atoms with E-state index in [9.17, 15) is 4.79 Å². The number of hydrogen-bond acceptors (Lipinski definition) is 3. The Morgan fingerprint density at radius 3 is 3.00 bits per heavy atom. The minimum Gasteiger partial charge on any atom is -0.380 e. The van der Waals surface area contributed by atoms with E-state index in [1.807, 2.05) is 6.92 Å². The van der Waals surface area contributed by atoms with E-state index in [0.29, 0.717) is 25.8 Å². The Balaban J connectivity index is 1.70. The molecule has 1 saturated carbocycles. The van der Waals surface area contributed by atoms with Crippen molar-refractivity contribution in [3.63, 3.8) is 0 Å². The third-order valence-electron chi connectivity index (χ3n) is 3.93. The molecule has 0 spiro atoms. The van der Waals surface area contributed by atoms with Crippen LogP contribution in [0.3, 0.4) is 0 Å². The lowest BCUT2D eigenvalue weighted by Gasteiger charge is -2.24. The average Bonchev–Trinajstić information content (AvgIpc) is 2.78. The first-order chi connectivity index (χ1) is 8.31. The van der Waals surface area contributed by atoms with Crippen LogP contribution in [0.1, 0.15) is 39.0 Å². The Morgan fingerprint density at radius 2 is 2.24 bits per heavy atom. The molecule has 0 radical (unpaired) electrons. The number of amides is 1. The highest BCUT2D eigenvalue weighted by molar-refractivity contribution is 5.82. The summed E-state index contributed by atoms with van der Waals surface area (Å²) in [6.45, 7) is 3.91. The Kier molecular flexibility index (Phi) is 4.80. The van der Waals surface area contributed by atoms with E-state index in [-0.39, 0.29) is 11.9 Å². The van der Waals surface area contributed by atoms with Crippen LogP contribution < -0.4 is 10.6 Å². The summed E-state index contributed by atoms with van der Waals surface area (Å²) in [5, 5.41) is 6.42. The topological polar surface area (TPSA) is 50.4 Å². The van der Waals surface area contributed by atoms with Gasteiger partial charge in [0.15, 0.2) is 0 Å². The SMILES string of the molecule is CCOCCNC(=O)C1CC2CCCCC2N1. The van der Waals surface area contributed by atoms with E-state index < -0.39 is 0 Å². The summed E-state index contributed by atoms with van der Waals surface area (Å²) in [5.74, 6) is 0.880. The van der Waals surface area contributed by atoms with Gasteiger partial charge in [0.25, 0.3) is 0 Å². The normalized spacial score (nSPS) is 32.2. The molecule has 3 unspecified atom stereocenters. The summed E-state index contributed by atoms with van der Waals surface area (Å²) in [6.07, 6.45) is 6.20. The first kappa shape index (κ1) is 12.8. The van der Waals surface area contributed by atoms with Gasteiger partial charge in [-0.3, -0.25) is 4.79 Å². The van der Waals surface area contributed by atoms with Gasteiger partial charge < -0.3 is 15.4 Å². The molecule has 0 aromatic rings. The lowest BCUT2D eigenvalue weighted by Crippen LogP contribution is -2.44. The smallest absolute Gasteiger partial charge is 0.237 e. The molecule has 1 amide bonds.